The van der Waals surface area contributed by atoms with Crippen molar-refractivity contribution in [1.29, 1.82) is 0 Å². The summed E-state index contributed by atoms with van der Waals surface area (Å²) in [6.07, 6.45) is 5.35. The van der Waals surface area contributed by atoms with Gasteiger partial charge < -0.3 is 4.90 Å². The van der Waals surface area contributed by atoms with Crippen LogP contribution in [-0.2, 0) is 4.79 Å². The fourth-order valence-corrected chi connectivity index (χ4v) is 4.59. The van der Waals surface area contributed by atoms with Crippen molar-refractivity contribution >= 4 is 5.78 Å². The lowest BCUT2D eigenvalue weighted by Gasteiger charge is -2.31. The maximum absolute atomic E-state index is 12.2. The number of ketones is 1. The predicted molar refractivity (Wildman–Crippen MR) is 59.5 cm³/mol. The third-order valence-electron chi connectivity index (χ3n) is 5.03. The van der Waals surface area contributed by atoms with Gasteiger partial charge in [0.05, 0.1) is 0 Å². The van der Waals surface area contributed by atoms with Crippen LogP contribution in [0.4, 0.5) is 0 Å². The van der Waals surface area contributed by atoms with E-state index in [-0.39, 0.29) is 0 Å². The van der Waals surface area contributed by atoms with Crippen molar-refractivity contribution in [3.63, 3.8) is 0 Å². The van der Waals surface area contributed by atoms with Gasteiger partial charge in [0, 0.05) is 18.4 Å². The first-order valence-electron chi connectivity index (χ1n) is 6.37. The number of rotatable bonds is 2. The molecule has 0 amide bonds. The molecule has 0 radical (unpaired) electrons. The highest BCUT2D eigenvalue weighted by Gasteiger charge is 2.58. The molecular weight excluding hydrogens is 186 g/mol. The summed E-state index contributed by atoms with van der Waals surface area (Å²) in [6, 6.07) is 0. The molecule has 84 valence electrons. The van der Waals surface area contributed by atoms with Gasteiger partial charge in [-0.2, -0.15) is 0 Å². The molecule has 0 aromatic carbocycles. The first kappa shape index (κ1) is 9.83. The maximum Gasteiger partial charge on any atom is 0.140 e. The van der Waals surface area contributed by atoms with Gasteiger partial charge in [-0.1, -0.05) is 6.42 Å². The van der Waals surface area contributed by atoms with Crippen LogP contribution in [0.1, 0.15) is 25.7 Å². The van der Waals surface area contributed by atoms with Crippen molar-refractivity contribution in [3.05, 3.63) is 0 Å². The molecule has 0 aromatic rings. The lowest BCUT2D eigenvalue weighted by Crippen LogP contribution is -2.38. The van der Waals surface area contributed by atoms with Gasteiger partial charge in [0.1, 0.15) is 5.78 Å². The topological polar surface area (TPSA) is 20.3 Å². The third-order valence-corrected chi connectivity index (χ3v) is 5.03. The molecular formula is C13H21NO. The Hall–Kier alpha value is -0.370. The minimum atomic E-state index is 0.379. The molecule has 0 aliphatic heterocycles. The van der Waals surface area contributed by atoms with E-state index in [9.17, 15) is 4.79 Å². The van der Waals surface area contributed by atoms with Gasteiger partial charge in [0.2, 0.25) is 0 Å². The minimum Gasteiger partial charge on any atom is -0.309 e. The summed E-state index contributed by atoms with van der Waals surface area (Å²) in [6.45, 7) is 0.989. The molecule has 5 atom stereocenters. The Balaban J connectivity index is 1.81. The third kappa shape index (κ3) is 1.30. The van der Waals surface area contributed by atoms with Gasteiger partial charge in [0.15, 0.2) is 0 Å². The van der Waals surface area contributed by atoms with Crippen LogP contribution in [0.2, 0.25) is 0 Å². The molecule has 2 nitrogen and oxygen atoms in total. The molecule has 0 spiro atoms. The van der Waals surface area contributed by atoms with E-state index in [1.807, 2.05) is 0 Å². The Kier molecular flexibility index (Phi) is 2.17. The smallest absolute Gasteiger partial charge is 0.140 e. The Morgan fingerprint density at radius 1 is 1.20 bits per heavy atom. The van der Waals surface area contributed by atoms with Crippen molar-refractivity contribution in [1.82, 2.24) is 4.90 Å². The van der Waals surface area contributed by atoms with E-state index < -0.39 is 0 Å². The molecule has 3 aliphatic rings. The number of fused-ring (bicyclic) bond motifs is 5. The first-order chi connectivity index (χ1) is 7.18. The van der Waals surface area contributed by atoms with Crippen molar-refractivity contribution in [2.75, 3.05) is 20.6 Å². The molecule has 3 aliphatic carbocycles. The Bertz CT molecular complexity index is 286. The van der Waals surface area contributed by atoms with Gasteiger partial charge in [-0.25, -0.2) is 0 Å². The molecule has 0 N–H and O–H groups in total. The normalized spacial score (nSPS) is 47.9. The Morgan fingerprint density at radius 3 is 2.67 bits per heavy atom. The van der Waals surface area contributed by atoms with Gasteiger partial charge in [-0.3, -0.25) is 4.79 Å². The van der Waals surface area contributed by atoms with Crippen molar-refractivity contribution in [3.8, 4) is 0 Å². The summed E-state index contributed by atoms with van der Waals surface area (Å²) in [7, 11) is 4.18. The fourth-order valence-electron chi connectivity index (χ4n) is 4.59. The average molecular weight is 207 g/mol. The summed E-state index contributed by atoms with van der Waals surface area (Å²) < 4.78 is 0. The number of nitrogens with zero attached hydrogens (tertiary/aromatic N) is 1. The van der Waals surface area contributed by atoms with E-state index in [2.05, 4.69) is 19.0 Å². The maximum atomic E-state index is 12.2. The molecule has 0 heterocycles. The van der Waals surface area contributed by atoms with Gasteiger partial charge in [-0.05, 0) is 51.1 Å². The number of hydrogen-bond acceptors (Lipinski definition) is 2. The van der Waals surface area contributed by atoms with Crippen molar-refractivity contribution in [2.45, 2.75) is 25.7 Å². The summed E-state index contributed by atoms with van der Waals surface area (Å²) >= 11 is 0. The first-order valence-corrected chi connectivity index (χ1v) is 6.37. The summed E-state index contributed by atoms with van der Waals surface area (Å²) in [4.78, 5) is 14.4. The highest BCUT2D eigenvalue weighted by molar-refractivity contribution is 5.87. The minimum absolute atomic E-state index is 0.379. The monoisotopic (exact) mass is 207 g/mol. The fraction of sp³-hybridized carbons (Fsp3) is 0.923. The molecule has 0 aromatic heterocycles. The van der Waals surface area contributed by atoms with E-state index in [0.717, 1.165) is 24.3 Å². The SMILES string of the molecule is CN(C)C[C@H]1C(=O)[C@@H]2C[C@H]1[C@H]1CCC[C@@H]12. The van der Waals surface area contributed by atoms with Gasteiger partial charge in [0.25, 0.3) is 0 Å². The van der Waals surface area contributed by atoms with E-state index in [0.29, 0.717) is 17.6 Å². The second-order valence-electron chi connectivity index (χ2n) is 6.04. The lowest BCUT2D eigenvalue weighted by atomic mass is 9.75. The lowest BCUT2D eigenvalue weighted by molar-refractivity contribution is -0.129. The Morgan fingerprint density at radius 2 is 1.93 bits per heavy atom. The van der Waals surface area contributed by atoms with E-state index in [4.69, 9.17) is 0 Å². The molecule has 0 saturated heterocycles. The zero-order chi connectivity index (χ0) is 10.6. The second-order valence-corrected chi connectivity index (χ2v) is 6.04. The molecule has 3 saturated carbocycles. The molecule has 0 unspecified atom stereocenters. The van der Waals surface area contributed by atoms with Crippen LogP contribution in [0.3, 0.4) is 0 Å². The largest absolute Gasteiger partial charge is 0.309 e. The van der Waals surface area contributed by atoms with Gasteiger partial charge in [-0.15, -0.1) is 0 Å². The summed E-state index contributed by atoms with van der Waals surface area (Å²) in [5.74, 6) is 3.91. The van der Waals surface area contributed by atoms with E-state index in [1.165, 1.54) is 25.7 Å². The van der Waals surface area contributed by atoms with Gasteiger partial charge >= 0.3 is 0 Å². The zero-order valence-electron chi connectivity index (χ0n) is 9.78. The number of Topliss-reactive ketones (excluding diaryl/α,β-unsaturated/α-hetero) is 1. The molecule has 2 bridgehead atoms. The molecule has 3 rings (SSSR count). The van der Waals surface area contributed by atoms with Crippen LogP contribution in [0.25, 0.3) is 0 Å². The van der Waals surface area contributed by atoms with Crippen LogP contribution in [0, 0.1) is 29.6 Å². The zero-order valence-corrected chi connectivity index (χ0v) is 9.78. The highest BCUT2D eigenvalue weighted by atomic mass is 16.1. The second kappa shape index (κ2) is 3.31. The quantitative estimate of drug-likeness (QED) is 0.688. The summed E-state index contributed by atoms with van der Waals surface area (Å²) in [5.41, 5.74) is 0. The summed E-state index contributed by atoms with van der Waals surface area (Å²) in [5, 5.41) is 0. The number of carbonyl (C=O) groups is 1. The van der Waals surface area contributed by atoms with Crippen LogP contribution < -0.4 is 0 Å². The van der Waals surface area contributed by atoms with Crippen molar-refractivity contribution in [2.24, 2.45) is 29.6 Å². The molecule has 3 fully saturated rings. The highest BCUT2D eigenvalue weighted by Crippen LogP contribution is 2.59. The molecule has 2 heteroatoms. The molecule has 15 heavy (non-hydrogen) atoms. The van der Waals surface area contributed by atoms with Crippen molar-refractivity contribution < 1.29 is 4.79 Å². The predicted octanol–water partition coefficient (Wildman–Crippen LogP) is 1.80. The Labute approximate surface area is 92.0 Å². The standard InChI is InChI=1S/C13H21NO/c1-14(2)7-12-10-6-11(13(12)15)9-5-3-4-8(9)10/h8-12H,3-7H2,1-2H3/t8-,9-,10-,11+,12+/m0/s1. The van der Waals surface area contributed by atoms with Crippen LogP contribution in [0.5, 0.6) is 0 Å². The van der Waals surface area contributed by atoms with Crippen LogP contribution in [-0.4, -0.2) is 31.3 Å². The van der Waals surface area contributed by atoms with Crippen LogP contribution >= 0.6 is 0 Å². The van der Waals surface area contributed by atoms with E-state index in [1.54, 1.807) is 0 Å². The average Bonchev–Trinajstić information content (AvgIpc) is 2.77. The van der Waals surface area contributed by atoms with E-state index >= 15 is 0 Å². The van der Waals surface area contributed by atoms with Crippen LogP contribution in [0.15, 0.2) is 0 Å². The number of hydrogen-bond donors (Lipinski definition) is 0. The number of carbonyl (C=O) groups excluding carboxylic acids is 1.